The second-order valence-electron chi connectivity index (χ2n) is 5.28. The molecule has 0 aromatic rings. The van der Waals surface area contributed by atoms with E-state index >= 15 is 0 Å². The highest BCUT2D eigenvalue weighted by molar-refractivity contribution is 5.59. The quantitative estimate of drug-likeness (QED) is 0.557. The third kappa shape index (κ3) is 1.91. The minimum Gasteiger partial charge on any atom is -0.393 e. The van der Waals surface area contributed by atoms with Gasteiger partial charge in [-0.1, -0.05) is 27.7 Å². The normalized spacial score (nSPS) is 33.1. The number of hydrogen-bond acceptors (Lipinski definition) is 2. The van der Waals surface area contributed by atoms with Gasteiger partial charge in [0.15, 0.2) is 0 Å². The van der Waals surface area contributed by atoms with Crippen LogP contribution in [0.1, 0.15) is 27.7 Å². The summed E-state index contributed by atoms with van der Waals surface area (Å²) in [6.45, 7) is 15.3. The van der Waals surface area contributed by atoms with Crippen LogP contribution in [0.3, 0.4) is 0 Å². The van der Waals surface area contributed by atoms with Crippen molar-refractivity contribution in [2.75, 3.05) is 0 Å². The van der Waals surface area contributed by atoms with Gasteiger partial charge in [0.1, 0.15) is 0 Å². The molecule has 0 aliphatic heterocycles. The van der Waals surface area contributed by atoms with E-state index in [-0.39, 0.29) is 23.9 Å². The topological polar surface area (TPSA) is 48.4 Å². The average Bonchev–Trinajstić information content (AvgIpc) is 2.16. The van der Waals surface area contributed by atoms with Crippen molar-refractivity contribution < 1.29 is 5.11 Å². The average molecular weight is 220 g/mol. The summed E-state index contributed by atoms with van der Waals surface area (Å²) in [6.07, 6.45) is -0.338. The molecular formula is C13H20N2O. The zero-order chi connectivity index (χ0) is 12.5. The van der Waals surface area contributed by atoms with Crippen molar-refractivity contribution in [2.45, 2.75) is 33.8 Å². The Hall–Kier alpha value is -1.10. The summed E-state index contributed by atoms with van der Waals surface area (Å²) in [5.41, 5.74) is 0.377. The molecule has 0 heterocycles. The zero-order valence-electron chi connectivity index (χ0n) is 10.4. The van der Waals surface area contributed by atoms with Crippen molar-refractivity contribution in [3.63, 3.8) is 0 Å². The van der Waals surface area contributed by atoms with Gasteiger partial charge in [0.2, 0.25) is 5.70 Å². The predicted octanol–water partition coefficient (Wildman–Crippen LogP) is 2.57. The summed E-state index contributed by atoms with van der Waals surface area (Å²) in [7, 11) is 0. The van der Waals surface area contributed by atoms with Crippen LogP contribution in [0.25, 0.3) is 4.85 Å². The van der Waals surface area contributed by atoms with Crippen LogP contribution in [-0.2, 0) is 0 Å². The molecule has 0 radical (unpaired) electrons. The molecule has 1 aliphatic carbocycles. The predicted molar refractivity (Wildman–Crippen MR) is 64.0 cm³/mol. The molecule has 2 unspecified atom stereocenters. The lowest BCUT2D eigenvalue weighted by Gasteiger charge is -2.53. The maximum atomic E-state index is 10.1. The van der Waals surface area contributed by atoms with E-state index in [2.05, 4.69) is 38.4 Å². The number of aliphatic hydroxyl groups excluding tert-OH is 1. The van der Waals surface area contributed by atoms with Gasteiger partial charge in [-0.25, -0.2) is 4.85 Å². The van der Waals surface area contributed by atoms with E-state index < -0.39 is 0 Å². The van der Waals surface area contributed by atoms with Gasteiger partial charge in [0.25, 0.3) is 0 Å². The van der Waals surface area contributed by atoms with Crippen LogP contribution in [0.4, 0.5) is 0 Å². The van der Waals surface area contributed by atoms with Crippen LogP contribution in [0.5, 0.6) is 0 Å². The van der Waals surface area contributed by atoms with Crippen molar-refractivity contribution in [1.82, 2.24) is 0 Å². The maximum absolute atomic E-state index is 10.1. The largest absolute Gasteiger partial charge is 0.393 e. The molecule has 2 atom stereocenters. The summed E-state index contributed by atoms with van der Waals surface area (Å²) >= 11 is 0. The second kappa shape index (κ2) is 4.82. The number of allylic oxidation sites excluding steroid dienone is 1. The van der Waals surface area contributed by atoms with E-state index in [0.717, 1.165) is 0 Å². The van der Waals surface area contributed by atoms with Gasteiger partial charge in [-0.05, 0) is 29.5 Å². The number of aliphatic hydroxyl groups is 1. The van der Waals surface area contributed by atoms with Crippen molar-refractivity contribution in [3.05, 3.63) is 17.1 Å². The zero-order valence-corrected chi connectivity index (χ0v) is 10.4. The number of hydrogen-bond donors (Lipinski definition) is 2. The van der Waals surface area contributed by atoms with Crippen LogP contribution in [0.15, 0.2) is 5.70 Å². The van der Waals surface area contributed by atoms with Gasteiger partial charge in [0.05, 0.1) is 12.7 Å². The van der Waals surface area contributed by atoms with Gasteiger partial charge >= 0.3 is 0 Å². The summed E-state index contributed by atoms with van der Waals surface area (Å²) in [6, 6.07) is 0. The number of rotatable bonds is 3. The molecule has 0 aromatic heterocycles. The van der Waals surface area contributed by atoms with Gasteiger partial charge in [-0.3, -0.25) is 5.41 Å². The molecule has 0 aromatic carbocycles. The van der Waals surface area contributed by atoms with Crippen molar-refractivity contribution >= 4 is 5.87 Å². The fourth-order valence-electron chi connectivity index (χ4n) is 2.96. The monoisotopic (exact) mass is 220 g/mol. The first-order valence-corrected chi connectivity index (χ1v) is 5.80. The lowest BCUT2D eigenvalue weighted by atomic mass is 9.54. The van der Waals surface area contributed by atoms with Gasteiger partial charge in [-0.15, -0.1) is 0 Å². The smallest absolute Gasteiger partial charge is 0.228 e. The Morgan fingerprint density at radius 3 is 1.94 bits per heavy atom. The van der Waals surface area contributed by atoms with Gasteiger partial charge < -0.3 is 5.11 Å². The van der Waals surface area contributed by atoms with Crippen molar-refractivity contribution in [2.24, 2.45) is 29.6 Å². The third-order valence-corrected chi connectivity index (χ3v) is 3.72. The lowest BCUT2D eigenvalue weighted by Crippen LogP contribution is -2.56. The standard InChI is InChI=1S/C13H20N2O/c1-7(2)10-12(9(6-14)15-5)11(8(3)4)13(10)16/h7-8,10-14,16H,1-4H3. The molecular weight excluding hydrogens is 200 g/mol. The number of nitrogens with zero attached hydrogens (tertiary/aromatic N) is 1. The molecule has 1 rings (SSSR count). The molecule has 1 saturated carbocycles. The molecule has 1 aliphatic rings. The Morgan fingerprint density at radius 1 is 1.25 bits per heavy atom. The highest BCUT2D eigenvalue weighted by atomic mass is 16.3. The van der Waals surface area contributed by atoms with Gasteiger partial charge in [0, 0.05) is 5.92 Å². The Bertz CT molecular complexity index is 331. The highest BCUT2D eigenvalue weighted by Crippen LogP contribution is 2.51. The van der Waals surface area contributed by atoms with Crippen LogP contribution < -0.4 is 0 Å². The van der Waals surface area contributed by atoms with E-state index in [0.29, 0.717) is 17.5 Å². The molecule has 0 saturated heterocycles. The van der Waals surface area contributed by atoms with E-state index in [9.17, 15) is 5.11 Å². The summed E-state index contributed by atoms with van der Waals surface area (Å²) in [5, 5.41) is 17.3. The third-order valence-electron chi connectivity index (χ3n) is 3.72. The second-order valence-corrected chi connectivity index (χ2v) is 5.28. The van der Waals surface area contributed by atoms with E-state index in [1.54, 1.807) is 0 Å². The van der Waals surface area contributed by atoms with Crippen LogP contribution in [0, 0.1) is 41.6 Å². The fraction of sp³-hybridized carbons (Fsp3) is 0.769. The molecule has 1 fully saturated rings. The number of nitrogens with one attached hydrogen (secondary N) is 1. The molecule has 3 heteroatoms. The molecule has 2 N–H and O–H groups in total. The summed E-state index contributed by atoms with van der Waals surface area (Å²) in [4.78, 5) is 3.39. The summed E-state index contributed by atoms with van der Waals surface area (Å²) in [5.74, 6) is 3.14. The first-order valence-electron chi connectivity index (χ1n) is 5.80. The van der Waals surface area contributed by atoms with E-state index in [4.69, 9.17) is 12.0 Å². The highest BCUT2D eigenvalue weighted by Gasteiger charge is 2.53. The molecule has 0 spiro atoms. The Kier molecular flexibility index (Phi) is 3.91. The van der Waals surface area contributed by atoms with Crippen LogP contribution >= 0.6 is 0 Å². The SMILES string of the molecule is [C-]#[N+]C(=C=N)C1C(C(C)C)C(O)C1C(C)C. The Labute approximate surface area is 97.5 Å². The molecule has 0 amide bonds. The fourth-order valence-corrected chi connectivity index (χ4v) is 2.96. The molecule has 0 bridgehead atoms. The Balaban J connectivity index is 3.01. The van der Waals surface area contributed by atoms with Crippen molar-refractivity contribution in [3.8, 4) is 0 Å². The Morgan fingerprint density at radius 2 is 1.69 bits per heavy atom. The maximum Gasteiger partial charge on any atom is 0.228 e. The van der Waals surface area contributed by atoms with E-state index in [1.165, 1.54) is 0 Å². The lowest BCUT2D eigenvalue weighted by molar-refractivity contribution is -0.123. The minimum atomic E-state index is -0.338. The first-order chi connectivity index (χ1) is 7.45. The first kappa shape index (κ1) is 13.0. The van der Waals surface area contributed by atoms with Crippen LogP contribution in [-0.4, -0.2) is 17.1 Å². The molecule has 3 nitrogen and oxygen atoms in total. The molecule has 88 valence electrons. The van der Waals surface area contributed by atoms with Gasteiger partial charge in [-0.2, -0.15) is 0 Å². The summed E-state index contributed by atoms with van der Waals surface area (Å²) < 4.78 is 0. The molecule has 16 heavy (non-hydrogen) atoms. The van der Waals surface area contributed by atoms with Crippen molar-refractivity contribution in [1.29, 1.82) is 5.41 Å². The minimum absolute atomic E-state index is 0.0185. The van der Waals surface area contributed by atoms with Crippen LogP contribution in [0.2, 0.25) is 0 Å². The van der Waals surface area contributed by atoms with E-state index in [1.807, 2.05) is 0 Å².